The van der Waals surface area contributed by atoms with E-state index in [4.69, 9.17) is 0 Å². The first-order chi connectivity index (χ1) is 9.47. The van der Waals surface area contributed by atoms with E-state index in [1.165, 1.54) is 0 Å². The molecule has 3 nitrogen and oxygen atoms in total. The van der Waals surface area contributed by atoms with Gasteiger partial charge in [0.1, 0.15) is 0 Å². The molecule has 0 aliphatic carbocycles. The van der Waals surface area contributed by atoms with Crippen molar-refractivity contribution in [1.82, 2.24) is 10.6 Å². The highest BCUT2D eigenvalue weighted by Crippen LogP contribution is 2.23. The Bertz CT molecular complexity index is 450. The van der Waals surface area contributed by atoms with Gasteiger partial charge in [0.25, 0.3) is 0 Å². The first kappa shape index (κ1) is 15.5. The second kappa shape index (κ2) is 6.72. The van der Waals surface area contributed by atoms with Crippen molar-refractivity contribution in [1.29, 1.82) is 0 Å². The van der Waals surface area contributed by atoms with Crippen molar-refractivity contribution in [2.24, 2.45) is 5.92 Å². The van der Waals surface area contributed by atoms with Crippen LogP contribution < -0.4 is 10.6 Å². The molecule has 0 spiro atoms. The molecule has 1 aliphatic heterocycles. The average molecular weight is 339 g/mol. The minimum Gasteiger partial charge on any atom is -0.347 e. The Morgan fingerprint density at radius 2 is 1.90 bits per heavy atom. The van der Waals surface area contributed by atoms with Crippen molar-refractivity contribution in [2.45, 2.75) is 38.6 Å². The number of nitrogens with one attached hydrogen (secondary N) is 2. The van der Waals surface area contributed by atoms with Crippen LogP contribution in [0.25, 0.3) is 0 Å². The van der Waals surface area contributed by atoms with Crippen molar-refractivity contribution in [2.75, 3.05) is 13.1 Å². The van der Waals surface area contributed by atoms with Crippen LogP contribution in [-0.2, 0) is 10.3 Å². The van der Waals surface area contributed by atoms with Crippen molar-refractivity contribution in [3.8, 4) is 0 Å². The second-order valence-electron chi connectivity index (χ2n) is 6.08. The summed E-state index contributed by atoms with van der Waals surface area (Å²) in [6.45, 7) is 6.18. The maximum Gasteiger partial charge on any atom is 0.220 e. The summed E-state index contributed by atoms with van der Waals surface area (Å²) in [5.74, 6) is 0.682. The molecule has 0 radical (unpaired) electrons. The Morgan fingerprint density at radius 3 is 2.50 bits per heavy atom. The molecule has 110 valence electrons. The first-order valence-electron chi connectivity index (χ1n) is 7.25. The molecule has 1 fully saturated rings. The minimum absolute atomic E-state index is 0.157. The predicted molar refractivity (Wildman–Crippen MR) is 85.5 cm³/mol. The number of hydrogen-bond donors (Lipinski definition) is 2. The van der Waals surface area contributed by atoms with E-state index in [-0.39, 0.29) is 11.4 Å². The zero-order valence-corrected chi connectivity index (χ0v) is 13.8. The Kier molecular flexibility index (Phi) is 5.22. The number of carbonyl (C=O) groups is 1. The first-order valence-corrected chi connectivity index (χ1v) is 8.04. The standard InChI is InChI=1S/C16H23BrN2O/c1-16(2,13-3-5-14(17)6-4-13)19-15(20)11-12-7-9-18-10-8-12/h3-6,12,18H,7-11H2,1-2H3,(H,19,20). The minimum atomic E-state index is -0.329. The van der Waals surface area contributed by atoms with Crippen LogP contribution in [0.5, 0.6) is 0 Å². The Hall–Kier alpha value is -0.870. The molecule has 0 atom stereocenters. The van der Waals surface area contributed by atoms with Gasteiger partial charge in [0.2, 0.25) is 5.91 Å². The summed E-state index contributed by atoms with van der Waals surface area (Å²) >= 11 is 3.44. The molecule has 1 aliphatic rings. The third-order valence-corrected chi connectivity index (χ3v) is 4.48. The van der Waals surface area contributed by atoms with Gasteiger partial charge in [-0.1, -0.05) is 28.1 Å². The van der Waals surface area contributed by atoms with E-state index in [2.05, 4.69) is 52.5 Å². The fraction of sp³-hybridized carbons (Fsp3) is 0.562. The molecule has 0 aromatic heterocycles. The Balaban J connectivity index is 1.93. The lowest BCUT2D eigenvalue weighted by atomic mass is 9.91. The number of amides is 1. The van der Waals surface area contributed by atoms with E-state index in [0.29, 0.717) is 12.3 Å². The van der Waals surface area contributed by atoms with Gasteiger partial charge >= 0.3 is 0 Å². The Labute approximate surface area is 129 Å². The molecule has 1 aromatic rings. The Morgan fingerprint density at radius 1 is 1.30 bits per heavy atom. The summed E-state index contributed by atoms with van der Waals surface area (Å²) in [7, 11) is 0. The van der Waals surface area contributed by atoms with Crippen molar-refractivity contribution >= 4 is 21.8 Å². The predicted octanol–water partition coefficient (Wildman–Crippen LogP) is 3.19. The van der Waals surface area contributed by atoms with Crippen LogP contribution in [0.15, 0.2) is 28.7 Å². The molecule has 0 bridgehead atoms. The third-order valence-electron chi connectivity index (χ3n) is 3.95. The number of piperidine rings is 1. The molecule has 0 saturated carbocycles. The lowest BCUT2D eigenvalue weighted by Crippen LogP contribution is -2.42. The maximum absolute atomic E-state index is 12.2. The molecule has 1 aromatic carbocycles. The molecule has 2 rings (SSSR count). The highest BCUT2D eigenvalue weighted by Gasteiger charge is 2.24. The van der Waals surface area contributed by atoms with E-state index < -0.39 is 0 Å². The zero-order valence-electron chi connectivity index (χ0n) is 12.2. The van der Waals surface area contributed by atoms with Crippen LogP contribution in [0.1, 0.15) is 38.7 Å². The normalized spacial score (nSPS) is 16.9. The molecule has 2 N–H and O–H groups in total. The van der Waals surface area contributed by atoms with E-state index in [9.17, 15) is 4.79 Å². The summed E-state index contributed by atoms with van der Waals surface area (Å²) in [5, 5.41) is 6.50. The fourth-order valence-electron chi connectivity index (χ4n) is 2.69. The molecular weight excluding hydrogens is 316 g/mol. The monoisotopic (exact) mass is 338 g/mol. The van der Waals surface area contributed by atoms with Gasteiger partial charge in [-0.25, -0.2) is 0 Å². The number of benzene rings is 1. The van der Waals surface area contributed by atoms with Gasteiger partial charge in [-0.15, -0.1) is 0 Å². The summed E-state index contributed by atoms with van der Waals surface area (Å²) in [4.78, 5) is 12.2. The number of halogens is 1. The average Bonchev–Trinajstić information content (AvgIpc) is 2.39. The van der Waals surface area contributed by atoms with Crippen LogP contribution in [0.4, 0.5) is 0 Å². The van der Waals surface area contributed by atoms with Crippen molar-refractivity contribution in [3.05, 3.63) is 34.3 Å². The van der Waals surface area contributed by atoms with E-state index in [0.717, 1.165) is 36.0 Å². The molecule has 0 unspecified atom stereocenters. The molecule has 4 heteroatoms. The van der Waals surface area contributed by atoms with Gasteiger partial charge in [-0.05, 0) is 63.4 Å². The van der Waals surface area contributed by atoms with Crippen LogP contribution in [0.3, 0.4) is 0 Å². The highest BCUT2D eigenvalue weighted by molar-refractivity contribution is 9.10. The van der Waals surface area contributed by atoms with Crippen molar-refractivity contribution < 1.29 is 4.79 Å². The number of rotatable bonds is 4. The van der Waals surface area contributed by atoms with E-state index in [1.54, 1.807) is 0 Å². The summed E-state index contributed by atoms with van der Waals surface area (Å²) < 4.78 is 1.05. The van der Waals surface area contributed by atoms with Crippen LogP contribution >= 0.6 is 15.9 Å². The topological polar surface area (TPSA) is 41.1 Å². The quantitative estimate of drug-likeness (QED) is 0.885. The molecule has 20 heavy (non-hydrogen) atoms. The molecule has 1 amide bonds. The van der Waals surface area contributed by atoms with E-state index >= 15 is 0 Å². The molecular formula is C16H23BrN2O. The summed E-state index contributed by atoms with van der Waals surface area (Å²) in [6, 6.07) is 8.12. The number of hydrogen-bond acceptors (Lipinski definition) is 2. The lowest BCUT2D eigenvalue weighted by Gasteiger charge is -2.29. The van der Waals surface area contributed by atoms with Crippen LogP contribution in [-0.4, -0.2) is 19.0 Å². The molecule has 1 saturated heterocycles. The fourth-order valence-corrected chi connectivity index (χ4v) is 2.95. The van der Waals surface area contributed by atoms with Gasteiger partial charge < -0.3 is 10.6 Å². The van der Waals surface area contributed by atoms with Gasteiger partial charge in [-0.2, -0.15) is 0 Å². The lowest BCUT2D eigenvalue weighted by molar-refractivity contribution is -0.123. The highest BCUT2D eigenvalue weighted by atomic mass is 79.9. The maximum atomic E-state index is 12.2. The van der Waals surface area contributed by atoms with Gasteiger partial charge in [0.05, 0.1) is 5.54 Å². The van der Waals surface area contributed by atoms with Gasteiger partial charge in [0.15, 0.2) is 0 Å². The van der Waals surface area contributed by atoms with Crippen LogP contribution in [0, 0.1) is 5.92 Å². The zero-order chi connectivity index (χ0) is 14.6. The largest absolute Gasteiger partial charge is 0.347 e. The SMILES string of the molecule is CC(C)(NC(=O)CC1CCNCC1)c1ccc(Br)cc1. The molecule has 1 heterocycles. The number of carbonyl (C=O) groups excluding carboxylic acids is 1. The summed E-state index contributed by atoms with van der Waals surface area (Å²) in [6.07, 6.45) is 2.85. The summed E-state index contributed by atoms with van der Waals surface area (Å²) in [5.41, 5.74) is 0.796. The smallest absolute Gasteiger partial charge is 0.220 e. The van der Waals surface area contributed by atoms with Gasteiger partial charge in [0, 0.05) is 10.9 Å². The van der Waals surface area contributed by atoms with Crippen LogP contribution in [0.2, 0.25) is 0 Å². The van der Waals surface area contributed by atoms with Crippen molar-refractivity contribution in [3.63, 3.8) is 0 Å². The second-order valence-corrected chi connectivity index (χ2v) is 6.99. The van der Waals surface area contributed by atoms with Gasteiger partial charge in [-0.3, -0.25) is 4.79 Å². The van der Waals surface area contributed by atoms with E-state index in [1.807, 2.05) is 12.1 Å². The third kappa shape index (κ3) is 4.32.